The van der Waals surface area contributed by atoms with Gasteiger partial charge in [-0.05, 0) is 25.3 Å². The Morgan fingerprint density at radius 1 is 1.27 bits per heavy atom. The van der Waals surface area contributed by atoms with Crippen molar-refractivity contribution >= 4 is 6.21 Å². The van der Waals surface area contributed by atoms with E-state index in [2.05, 4.69) is 39.6 Å². The fourth-order valence-corrected chi connectivity index (χ4v) is 0.528. The second kappa shape index (κ2) is 4.32. The Bertz CT molecular complexity index is 154. The lowest BCUT2D eigenvalue weighted by Crippen LogP contribution is -2.08. The number of aliphatic imine (C=N–C) groups is 1. The van der Waals surface area contributed by atoms with Gasteiger partial charge < -0.3 is 0 Å². The normalized spacial score (nSPS) is 12.1. The molecule has 0 aliphatic heterocycles. The van der Waals surface area contributed by atoms with Gasteiger partial charge in [-0.2, -0.15) is 0 Å². The molecule has 0 aliphatic carbocycles. The molecule has 0 N–H and O–H groups in total. The van der Waals surface area contributed by atoms with E-state index in [1.165, 1.54) is 5.57 Å². The van der Waals surface area contributed by atoms with Crippen LogP contribution < -0.4 is 0 Å². The molecule has 0 aromatic heterocycles. The summed E-state index contributed by atoms with van der Waals surface area (Å²) in [6.45, 7) is 11.6. The SMILES string of the molecule is CC(C)=CC=NCC(C)(C)C. The van der Waals surface area contributed by atoms with Crippen LogP contribution in [0.5, 0.6) is 0 Å². The minimum atomic E-state index is 0.311. The first-order valence-corrected chi connectivity index (χ1v) is 4.05. The molecule has 0 rings (SSSR count). The third-order valence-electron chi connectivity index (χ3n) is 1.08. The van der Waals surface area contributed by atoms with E-state index in [0.717, 1.165) is 6.54 Å². The topological polar surface area (TPSA) is 12.4 Å². The number of hydrogen-bond donors (Lipinski definition) is 0. The molecule has 0 fully saturated rings. The van der Waals surface area contributed by atoms with Crippen molar-refractivity contribution in [1.82, 2.24) is 0 Å². The Balaban J connectivity index is 3.71. The van der Waals surface area contributed by atoms with E-state index in [4.69, 9.17) is 0 Å². The fraction of sp³-hybridized carbons (Fsp3) is 0.700. The molecule has 0 radical (unpaired) electrons. The Kier molecular flexibility index (Phi) is 4.09. The predicted octanol–water partition coefficient (Wildman–Crippen LogP) is 3.07. The zero-order valence-electron chi connectivity index (χ0n) is 8.31. The molecular weight excluding hydrogens is 134 g/mol. The molecule has 0 unspecified atom stereocenters. The Hall–Kier alpha value is -0.590. The molecule has 64 valence electrons. The molecular formula is C10H19N. The summed E-state index contributed by atoms with van der Waals surface area (Å²) in [6, 6.07) is 0. The molecule has 0 aliphatic rings. The van der Waals surface area contributed by atoms with Crippen LogP contribution in [-0.4, -0.2) is 12.8 Å². The molecule has 0 saturated carbocycles. The van der Waals surface area contributed by atoms with E-state index in [0.29, 0.717) is 5.41 Å². The van der Waals surface area contributed by atoms with Crippen molar-refractivity contribution < 1.29 is 0 Å². The van der Waals surface area contributed by atoms with Crippen molar-refractivity contribution in [2.24, 2.45) is 10.4 Å². The highest BCUT2D eigenvalue weighted by atomic mass is 14.7. The van der Waals surface area contributed by atoms with Crippen molar-refractivity contribution in [3.63, 3.8) is 0 Å². The maximum Gasteiger partial charge on any atom is 0.0437 e. The van der Waals surface area contributed by atoms with Gasteiger partial charge in [0.2, 0.25) is 0 Å². The van der Waals surface area contributed by atoms with Crippen molar-refractivity contribution in [2.75, 3.05) is 6.54 Å². The molecule has 0 aromatic carbocycles. The van der Waals surface area contributed by atoms with Gasteiger partial charge in [-0.1, -0.05) is 26.3 Å². The lowest BCUT2D eigenvalue weighted by molar-refractivity contribution is 0.430. The van der Waals surface area contributed by atoms with Crippen LogP contribution in [0.1, 0.15) is 34.6 Å². The van der Waals surface area contributed by atoms with Gasteiger partial charge in [0.1, 0.15) is 0 Å². The molecule has 1 nitrogen and oxygen atoms in total. The van der Waals surface area contributed by atoms with E-state index >= 15 is 0 Å². The maximum atomic E-state index is 4.28. The van der Waals surface area contributed by atoms with Crippen molar-refractivity contribution in [1.29, 1.82) is 0 Å². The van der Waals surface area contributed by atoms with Crippen molar-refractivity contribution in [3.05, 3.63) is 11.6 Å². The number of allylic oxidation sites excluding steroid dienone is 2. The van der Waals surface area contributed by atoms with Gasteiger partial charge in [0.05, 0.1) is 0 Å². The lowest BCUT2D eigenvalue weighted by atomic mass is 9.97. The van der Waals surface area contributed by atoms with E-state index < -0.39 is 0 Å². The predicted molar refractivity (Wildman–Crippen MR) is 52.2 cm³/mol. The van der Waals surface area contributed by atoms with Crippen LogP contribution in [0.3, 0.4) is 0 Å². The maximum absolute atomic E-state index is 4.28. The van der Waals surface area contributed by atoms with Gasteiger partial charge in [0.15, 0.2) is 0 Å². The first-order chi connectivity index (χ1) is 4.92. The van der Waals surface area contributed by atoms with E-state index in [1.54, 1.807) is 0 Å². The molecule has 0 spiro atoms. The molecule has 0 aromatic rings. The minimum Gasteiger partial charge on any atom is -0.293 e. The van der Waals surface area contributed by atoms with Crippen LogP contribution in [0.25, 0.3) is 0 Å². The Labute approximate surface area is 70.2 Å². The summed E-state index contributed by atoms with van der Waals surface area (Å²) in [6.07, 6.45) is 3.92. The third-order valence-corrected chi connectivity index (χ3v) is 1.08. The number of hydrogen-bond acceptors (Lipinski definition) is 1. The monoisotopic (exact) mass is 153 g/mol. The first kappa shape index (κ1) is 10.4. The average Bonchev–Trinajstić information content (AvgIpc) is 1.78. The van der Waals surface area contributed by atoms with Crippen LogP contribution in [0.4, 0.5) is 0 Å². The molecule has 0 bridgehead atoms. The smallest absolute Gasteiger partial charge is 0.0437 e. The number of nitrogens with zero attached hydrogens (tertiary/aromatic N) is 1. The lowest BCUT2D eigenvalue weighted by Gasteiger charge is -2.13. The molecule has 0 heterocycles. The van der Waals surface area contributed by atoms with Crippen LogP contribution in [0.2, 0.25) is 0 Å². The van der Waals surface area contributed by atoms with Crippen molar-refractivity contribution in [2.45, 2.75) is 34.6 Å². The van der Waals surface area contributed by atoms with Crippen LogP contribution in [0, 0.1) is 5.41 Å². The van der Waals surface area contributed by atoms with Gasteiger partial charge in [-0.3, -0.25) is 4.99 Å². The summed E-state index contributed by atoms with van der Waals surface area (Å²) in [5.74, 6) is 0. The summed E-state index contributed by atoms with van der Waals surface area (Å²) in [4.78, 5) is 4.28. The van der Waals surface area contributed by atoms with Crippen LogP contribution in [-0.2, 0) is 0 Å². The first-order valence-electron chi connectivity index (χ1n) is 4.05. The molecule has 11 heavy (non-hydrogen) atoms. The zero-order chi connectivity index (χ0) is 8.91. The van der Waals surface area contributed by atoms with E-state index in [9.17, 15) is 0 Å². The van der Waals surface area contributed by atoms with Gasteiger partial charge in [0, 0.05) is 12.8 Å². The molecule has 0 atom stereocenters. The third kappa shape index (κ3) is 9.41. The average molecular weight is 153 g/mol. The van der Waals surface area contributed by atoms with Gasteiger partial charge >= 0.3 is 0 Å². The van der Waals surface area contributed by atoms with Gasteiger partial charge in [-0.15, -0.1) is 0 Å². The fourth-order valence-electron chi connectivity index (χ4n) is 0.528. The zero-order valence-corrected chi connectivity index (χ0v) is 8.31. The summed E-state index contributed by atoms with van der Waals surface area (Å²) < 4.78 is 0. The highest BCUT2D eigenvalue weighted by molar-refractivity contribution is 5.71. The largest absolute Gasteiger partial charge is 0.293 e. The molecule has 0 amide bonds. The van der Waals surface area contributed by atoms with Gasteiger partial charge in [-0.25, -0.2) is 0 Å². The standard InChI is InChI=1S/C10H19N/c1-9(2)6-7-11-8-10(3,4)5/h6-7H,8H2,1-5H3. The summed E-state index contributed by atoms with van der Waals surface area (Å²) >= 11 is 0. The molecule has 0 saturated heterocycles. The van der Waals surface area contributed by atoms with Crippen molar-refractivity contribution in [3.8, 4) is 0 Å². The summed E-state index contributed by atoms with van der Waals surface area (Å²) in [5.41, 5.74) is 1.61. The van der Waals surface area contributed by atoms with Crippen LogP contribution >= 0.6 is 0 Å². The van der Waals surface area contributed by atoms with Crippen LogP contribution in [0.15, 0.2) is 16.6 Å². The number of rotatable bonds is 2. The second-order valence-corrected chi connectivity index (χ2v) is 4.29. The highest BCUT2D eigenvalue weighted by Crippen LogP contribution is 2.12. The minimum absolute atomic E-state index is 0.311. The van der Waals surface area contributed by atoms with E-state index in [-0.39, 0.29) is 0 Å². The summed E-state index contributed by atoms with van der Waals surface area (Å²) in [5, 5.41) is 0. The van der Waals surface area contributed by atoms with Gasteiger partial charge in [0.25, 0.3) is 0 Å². The highest BCUT2D eigenvalue weighted by Gasteiger charge is 2.06. The Morgan fingerprint density at radius 3 is 2.18 bits per heavy atom. The second-order valence-electron chi connectivity index (χ2n) is 4.29. The quantitative estimate of drug-likeness (QED) is 0.541. The molecule has 1 heteroatoms. The summed E-state index contributed by atoms with van der Waals surface area (Å²) in [7, 11) is 0. The Morgan fingerprint density at radius 2 is 1.82 bits per heavy atom. The van der Waals surface area contributed by atoms with E-state index in [1.807, 2.05) is 12.3 Å².